The van der Waals surface area contributed by atoms with E-state index in [1.165, 1.54) is 6.08 Å². The molecule has 1 amide bonds. The van der Waals surface area contributed by atoms with Crippen molar-refractivity contribution in [1.29, 1.82) is 0 Å². The lowest BCUT2D eigenvalue weighted by Crippen LogP contribution is -2.05. The van der Waals surface area contributed by atoms with Crippen molar-refractivity contribution in [2.24, 2.45) is 12.8 Å². The minimum atomic E-state index is -0.443. The number of fused-ring (bicyclic) bond motifs is 1. The highest BCUT2D eigenvalue weighted by atomic mass is 16.1. The Bertz CT molecular complexity index is 829. The first-order valence-corrected chi connectivity index (χ1v) is 6.79. The number of benzene rings is 2. The first-order valence-electron chi connectivity index (χ1n) is 6.79. The van der Waals surface area contributed by atoms with Crippen molar-refractivity contribution in [3.8, 4) is 11.3 Å². The van der Waals surface area contributed by atoms with Gasteiger partial charge in [-0.15, -0.1) is 0 Å². The van der Waals surface area contributed by atoms with Gasteiger partial charge >= 0.3 is 0 Å². The van der Waals surface area contributed by atoms with Crippen LogP contribution in [0.15, 0.2) is 60.7 Å². The monoisotopic (exact) mass is 276 g/mol. The largest absolute Gasteiger partial charge is 0.366 e. The zero-order valence-electron chi connectivity index (χ0n) is 11.8. The summed E-state index contributed by atoms with van der Waals surface area (Å²) in [7, 11) is 2.03. The van der Waals surface area contributed by atoms with Crippen LogP contribution in [0.4, 0.5) is 0 Å². The number of carbonyl (C=O) groups excluding carboxylic acids is 1. The molecule has 21 heavy (non-hydrogen) atoms. The number of hydrogen-bond acceptors (Lipinski definition) is 1. The number of carbonyl (C=O) groups is 1. The van der Waals surface area contributed by atoms with Crippen molar-refractivity contribution in [3.05, 3.63) is 66.2 Å². The minimum absolute atomic E-state index is 0.443. The Kier molecular flexibility index (Phi) is 3.32. The Morgan fingerprint density at radius 2 is 1.71 bits per heavy atom. The van der Waals surface area contributed by atoms with E-state index < -0.39 is 5.91 Å². The highest BCUT2D eigenvalue weighted by Gasteiger charge is 2.14. The highest BCUT2D eigenvalue weighted by Crippen LogP contribution is 2.33. The zero-order chi connectivity index (χ0) is 14.8. The predicted molar refractivity (Wildman–Crippen MR) is 86.6 cm³/mol. The van der Waals surface area contributed by atoms with E-state index in [0.717, 1.165) is 27.7 Å². The fourth-order valence-corrected chi connectivity index (χ4v) is 2.70. The molecule has 3 heteroatoms. The SMILES string of the molecule is Cn1c(-c2ccccc2)c(/C=C/C(N)=O)c2ccccc21. The van der Waals surface area contributed by atoms with E-state index >= 15 is 0 Å². The molecule has 2 aromatic carbocycles. The fraction of sp³-hybridized carbons (Fsp3) is 0.0556. The lowest BCUT2D eigenvalue weighted by molar-refractivity contribution is -0.113. The summed E-state index contributed by atoms with van der Waals surface area (Å²) in [5.41, 5.74) is 9.57. The van der Waals surface area contributed by atoms with Crippen LogP contribution in [0.5, 0.6) is 0 Å². The molecule has 3 nitrogen and oxygen atoms in total. The van der Waals surface area contributed by atoms with Crippen LogP contribution in [0.25, 0.3) is 28.2 Å². The Morgan fingerprint density at radius 1 is 1.05 bits per heavy atom. The van der Waals surface area contributed by atoms with Crippen LogP contribution in [-0.4, -0.2) is 10.5 Å². The Morgan fingerprint density at radius 3 is 2.43 bits per heavy atom. The molecule has 2 N–H and O–H groups in total. The average Bonchev–Trinajstić information content (AvgIpc) is 2.79. The van der Waals surface area contributed by atoms with Crippen molar-refractivity contribution in [1.82, 2.24) is 4.57 Å². The second kappa shape index (κ2) is 5.29. The number of rotatable bonds is 3. The van der Waals surface area contributed by atoms with Gasteiger partial charge < -0.3 is 10.3 Å². The molecule has 0 bridgehead atoms. The molecule has 0 spiro atoms. The van der Waals surface area contributed by atoms with Gasteiger partial charge in [-0.05, 0) is 17.7 Å². The lowest BCUT2D eigenvalue weighted by atomic mass is 10.0. The molecule has 0 aliphatic rings. The quantitative estimate of drug-likeness (QED) is 0.733. The molecular weight excluding hydrogens is 260 g/mol. The van der Waals surface area contributed by atoms with Gasteiger partial charge in [0.05, 0.1) is 5.69 Å². The molecule has 0 aliphatic carbocycles. The molecular formula is C18H16N2O. The molecule has 0 saturated carbocycles. The summed E-state index contributed by atoms with van der Waals surface area (Å²) in [6.45, 7) is 0. The third kappa shape index (κ3) is 2.34. The number of amides is 1. The van der Waals surface area contributed by atoms with E-state index in [-0.39, 0.29) is 0 Å². The molecule has 1 heterocycles. The molecule has 104 valence electrons. The summed E-state index contributed by atoms with van der Waals surface area (Å²) < 4.78 is 2.14. The standard InChI is InChI=1S/C18H16N2O/c1-20-16-10-6-5-9-14(16)15(11-12-17(19)21)18(20)13-7-3-2-4-8-13/h2-12H,1H3,(H2,19,21)/b12-11+. The van der Waals surface area contributed by atoms with Gasteiger partial charge in [0.1, 0.15) is 0 Å². The molecule has 1 aromatic heterocycles. The Labute approximate surface area is 123 Å². The van der Waals surface area contributed by atoms with Crippen LogP contribution in [0.2, 0.25) is 0 Å². The summed E-state index contributed by atoms with van der Waals surface area (Å²) in [4.78, 5) is 11.1. The zero-order valence-corrected chi connectivity index (χ0v) is 11.8. The topological polar surface area (TPSA) is 48.0 Å². The summed E-state index contributed by atoms with van der Waals surface area (Å²) in [5, 5.41) is 1.11. The Hall–Kier alpha value is -2.81. The van der Waals surface area contributed by atoms with Crippen LogP contribution >= 0.6 is 0 Å². The Balaban J connectivity index is 2.34. The van der Waals surface area contributed by atoms with Crippen molar-refractivity contribution >= 4 is 22.9 Å². The van der Waals surface area contributed by atoms with Gasteiger partial charge in [0.2, 0.25) is 5.91 Å². The van der Waals surface area contributed by atoms with Crippen molar-refractivity contribution in [3.63, 3.8) is 0 Å². The summed E-state index contributed by atoms with van der Waals surface area (Å²) >= 11 is 0. The summed E-state index contributed by atoms with van der Waals surface area (Å²) in [6, 6.07) is 18.3. The van der Waals surface area contributed by atoms with Crippen molar-refractivity contribution in [2.45, 2.75) is 0 Å². The van der Waals surface area contributed by atoms with Crippen LogP contribution < -0.4 is 5.73 Å². The van der Waals surface area contributed by atoms with Crippen LogP contribution in [0.1, 0.15) is 5.56 Å². The molecule has 0 aliphatic heterocycles. The van der Waals surface area contributed by atoms with Gasteiger partial charge in [0.25, 0.3) is 0 Å². The number of primary amides is 1. The van der Waals surface area contributed by atoms with E-state index in [0.29, 0.717) is 0 Å². The number of hydrogen-bond donors (Lipinski definition) is 1. The lowest BCUT2D eigenvalue weighted by Gasteiger charge is -2.06. The van der Waals surface area contributed by atoms with Crippen LogP contribution in [0, 0.1) is 0 Å². The maximum atomic E-state index is 11.1. The number of para-hydroxylation sites is 1. The molecule has 3 aromatic rings. The van der Waals surface area contributed by atoms with E-state index in [1.807, 2.05) is 37.4 Å². The van der Waals surface area contributed by atoms with E-state index in [9.17, 15) is 4.79 Å². The maximum absolute atomic E-state index is 11.1. The number of aromatic nitrogens is 1. The molecule has 0 radical (unpaired) electrons. The smallest absolute Gasteiger partial charge is 0.241 e. The normalized spacial score (nSPS) is 11.3. The third-order valence-corrected chi connectivity index (χ3v) is 3.61. The first-order chi connectivity index (χ1) is 10.2. The van der Waals surface area contributed by atoms with Gasteiger partial charge in [-0.1, -0.05) is 48.5 Å². The molecule has 3 rings (SSSR count). The highest BCUT2D eigenvalue weighted by molar-refractivity contribution is 6.01. The molecule has 0 saturated heterocycles. The summed E-state index contributed by atoms with van der Waals surface area (Å²) in [5.74, 6) is -0.443. The maximum Gasteiger partial charge on any atom is 0.241 e. The number of nitrogens with zero attached hydrogens (tertiary/aromatic N) is 1. The minimum Gasteiger partial charge on any atom is -0.366 e. The van der Waals surface area contributed by atoms with Gasteiger partial charge in [-0.2, -0.15) is 0 Å². The first kappa shape index (κ1) is 13.2. The molecule has 0 unspecified atom stereocenters. The fourth-order valence-electron chi connectivity index (χ4n) is 2.70. The number of aryl methyl sites for hydroxylation is 1. The predicted octanol–water partition coefficient (Wildman–Crippen LogP) is 3.34. The summed E-state index contributed by atoms with van der Waals surface area (Å²) in [6.07, 6.45) is 3.21. The second-order valence-electron chi connectivity index (χ2n) is 4.94. The average molecular weight is 276 g/mol. The van der Waals surface area contributed by atoms with Crippen molar-refractivity contribution < 1.29 is 4.79 Å². The molecule has 0 fully saturated rings. The number of nitrogens with two attached hydrogens (primary N) is 1. The van der Waals surface area contributed by atoms with E-state index in [2.05, 4.69) is 28.8 Å². The van der Waals surface area contributed by atoms with Gasteiger partial charge in [-0.25, -0.2) is 0 Å². The van der Waals surface area contributed by atoms with Crippen LogP contribution in [0.3, 0.4) is 0 Å². The van der Waals surface area contributed by atoms with Gasteiger partial charge in [0, 0.05) is 29.6 Å². The van der Waals surface area contributed by atoms with Crippen LogP contribution in [-0.2, 0) is 11.8 Å². The van der Waals surface area contributed by atoms with E-state index in [4.69, 9.17) is 5.73 Å². The van der Waals surface area contributed by atoms with Gasteiger partial charge in [-0.3, -0.25) is 4.79 Å². The second-order valence-corrected chi connectivity index (χ2v) is 4.94. The third-order valence-electron chi connectivity index (χ3n) is 3.61. The van der Waals surface area contributed by atoms with E-state index in [1.54, 1.807) is 6.08 Å². The van der Waals surface area contributed by atoms with Gasteiger partial charge in [0.15, 0.2) is 0 Å². The molecule has 0 atom stereocenters. The van der Waals surface area contributed by atoms with Crippen molar-refractivity contribution in [2.75, 3.05) is 0 Å².